The van der Waals surface area contributed by atoms with E-state index in [0.717, 1.165) is 5.56 Å². The van der Waals surface area contributed by atoms with E-state index in [1.165, 1.54) is 6.07 Å². The Morgan fingerprint density at radius 1 is 1.38 bits per heavy atom. The minimum absolute atomic E-state index is 0.000502. The highest BCUT2D eigenvalue weighted by atomic mass is 16.6. The Hall–Kier alpha value is -2.48. The van der Waals surface area contributed by atoms with E-state index in [4.69, 9.17) is 5.11 Å². The molecule has 0 aliphatic heterocycles. The van der Waals surface area contributed by atoms with Crippen LogP contribution in [0, 0.1) is 24.0 Å². The van der Waals surface area contributed by atoms with Crippen LogP contribution in [0.1, 0.15) is 16.8 Å². The molecule has 21 heavy (non-hydrogen) atoms. The number of aromatic nitrogens is 3. The lowest BCUT2D eigenvalue weighted by Gasteiger charge is -2.09. The average Bonchev–Trinajstić information content (AvgIpc) is 2.85. The van der Waals surface area contributed by atoms with Crippen molar-refractivity contribution in [3.8, 4) is 0 Å². The molecule has 8 nitrogen and oxygen atoms in total. The quantitative estimate of drug-likeness (QED) is 0.615. The first-order valence-electron chi connectivity index (χ1n) is 6.50. The Balaban J connectivity index is 2.11. The van der Waals surface area contributed by atoms with E-state index in [1.54, 1.807) is 23.9 Å². The van der Waals surface area contributed by atoms with Gasteiger partial charge in [-0.2, -0.15) is 0 Å². The number of nitrogens with one attached hydrogen (secondary N) is 1. The third kappa shape index (κ3) is 3.54. The van der Waals surface area contributed by atoms with Crippen LogP contribution in [0.3, 0.4) is 0 Å². The van der Waals surface area contributed by atoms with Crippen molar-refractivity contribution in [3.05, 3.63) is 45.3 Å². The van der Waals surface area contributed by atoms with E-state index in [-0.39, 0.29) is 12.3 Å². The Morgan fingerprint density at radius 2 is 2.14 bits per heavy atom. The fourth-order valence-corrected chi connectivity index (χ4v) is 2.05. The van der Waals surface area contributed by atoms with Gasteiger partial charge in [0.2, 0.25) is 0 Å². The van der Waals surface area contributed by atoms with E-state index in [2.05, 4.69) is 15.6 Å². The maximum Gasteiger partial charge on any atom is 0.274 e. The smallest absolute Gasteiger partial charge is 0.274 e. The molecule has 8 heteroatoms. The van der Waals surface area contributed by atoms with Crippen LogP contribution in [-0.4, -0.2) is 31.6 Å². The lowest BCUT2D eigenvalue weighted by molar-refractivity contribution is -0.385. The molecule has 0 amide bonds. The predicted molar refractivity (Wildman–Crippen MR) is 77.0 cm³/mol. The predicted octanol–water partition coefficient (Wildman–Crippen LogP) is 1.41. The van der Waals surface area contributed by atoms with Crippen LogP contribution in [0.2, 0.25) is 0 Å². The molecule has 112 valence electrons. The van der Waals surface area contributed by atoms with Gasteiger partial charge in [-0.25, -0.2) is 4.68 Å². The van der Waals surface area contributed by atoms with Crippen LogP contribution in [0.25, 0.3) is 0 Å². The van der Waals surface area contributed by atoms with Gasteiger partial charge in [-0.3, -0.25) is 10.1 Å². The monoisotopic (exact) mass is 291 g/mol. The third-order valence-electron chi connectivity index (χ3n) is 3.11. The van der Waals surface area contributed by atoms with Crippen LogP contribution >= 0.6 is 0 Å². The molecule has 1 aromatic carbocycles. The summed E-state index contributed by atoms with van der Waals surface area (Å²) in [6.45, 7) is 4.41. The third-order valence-corrected chi connectivity index (χ3v) is 3.11. The van der Waals surface area contributed by atoms with Crippen molar-refractivity contribution < 1.29 is 10.0 Å². The number of hydrogen-bond donors (Lipinski definition) is 2. The van der Waals surface area contributed by atoms with Crippen LogP contribution in [0.15, 0.2) is 18.3 Å². The molecule has 0 saturated heterocycles. The van der Waals surface area contributed by atoms with E-state index in [1.807, 2.05) is 6.92 Å². The number of aryl methyl sites for hydroxylation is 2. The van der Waals surface area contributed by atoms with Crippen molar-refractivity contribution in [1.82, 2.24) is 15.0 Å². The summed E-state index contributed by atoms with van der Waals surface area (Å²) in [7, 11) is 0. The summed E-state index contributed by atoms with van der Waals surface area (Å²) in [5.74, 6) is 0. The van der Waals surface area contributed by atoms with Gasteiger partial charge < -0.3 is 10.4 Å². The summed E-state index contributed by atoms with van der Waals surface area (Å²) in [6, 6.07) is 3.31. The number of benzene rings is 1. The molecule has 1 heterocycles. The number of aliphatic hydroxyl groups is 1. The maximum atomic E-state index is 11.0. The lowest BCUT2D eigenvalue weighted by Crippen LogP contribution is -2.04. The van der Waals surface area contributed by atoms with Gasteiger partial charge in [0.1, 0.15) is 5.69 Å². The molecule has 0 radical (unpaired) electrons. The molecule has 0 aliphatic carbocycles. The fraction of sp³-hybridized carbons (Fsp3) is 0.385. The summed E-state index contributed by atoms with van der Waals surface area (Å²) in [5.41, 5.74) is 3.06. The normalized spacial score (nSPS) is 10.6. The number of anilines is 1. The first kappa shape index (κ1) is 14.9. The zero-order valence-electron chi connectivity index (χ0n) is 11.9. The Bertz CT molecular complexity index is 653. The molecule has 2 N–H and O–H groups in total. The first-order valence-corrected chi connectivity index (χ1v) is 6.50. The second-order valence-corrected chi connectivity index (χ2v) is 4.76. The molecule has 0 atom stereocenters. The SMILES string of the molecule is Cc1cc(C)c([N+](=O)[O-])cc1NCc1cn(CCO)nn1. The van der Waals surface area contributed by atoms with Gasteiger partial charge in [-0.1, -0.05) is 5.21 Å². The highest BCUT2D eigenvalue weighted by molar-refractivity contribution is 5.60. The minimum atomic E-state index is -0.391. The number of aliphatic hydroxyl groups excluding tert-OH is 1. The van der Waals surface area contributed by atoms with Crippen molar-refractivity contribution in [2.75, 3.05) is 11.9 Å². The van der Waals surface area contributed by atoms with Crippen molar-refractivity contribution in [3.63, 3.8) is 0 Å². The van der Waals surface area contributed by atoms with Gasteiger partial charge in [0.25, 0.3) is 5.69 Å². The van der Waals surface area contributed by atoms with Crippen LogP contribution in [-0.2, 0) is 13.1 Å². The van der Waals surface area contributed by atoms with E-state index in [9.17, 15) is 10.1 Å². The van der Waals surface area contributed by atoms with Crippen molar-refractivity contribution in [1.29, 1.82) is 0 Å². The number of nitrogens with zero attached hydrogens (tertiary/aromatic N) is 4. The van der Waals surface area contributed by atoms with E-state index < -0.39 is 4.92 Å². The highest BCUT2D eigenvalue weighted by Gasteiger charge is 2.13. The van der Waals surface area contributed by atoms with Crippen LogP contribution < -0.4 is 5.32 Å². The molecule has 0 fully saturated rings. The molecule has 0 unspecified atom stereocenters. The molecule has 2 aromatic rings. The summed E-state index contributed by atoms with van der Waals surface area (Å²) < 4.78 is 1.54. The molecular formula is C13H17N5O3. The zero-order chi connectivity index (χ0) is 15.4. The summed E-state index contributed by atoms with van der Waals surface area (Å²) in [4.78, 5) is 10.6. The average molecular weight is 291 g/mol. The molecule has 2 rings (SSSR count). The standard InChI is InChI=1S/C13H17N5O3/c1-9-5-10(2)13(18(20)21)6-12(9)14-7-11-8-17(3-4-19)16-15-11/h5-6,8,14,19H,3-4,7H2,1-2H3. The van der Waals surface area contributed by atoms with Gasteiger partial charge in [0.15, 0.2) is 0 Å². The van der Waals surface area contributed by atoms with Gasteiger partial charge in [-0.05, 0) is 25.5 Å². The van der Waals surface area contributed by atoms with Crippen molar-refractivity contribution >= 4 is 11.4 Å². The first-order chi connectivity index (χ1) is 10.0. The van der Waals surface area contributed by atoms with Gasteiger partial charge in [0.05, 0.1) is 30.8 Å². The van der Waals surface area contributed by atoms with E-state index >= 15 is 0 Å². The topological polar surface area (TPSA) is 106 Å². The lowest BCUT2D eigenvalue weighted by atomic mass is 10.1. The van der Waals surface area contributed by atoms with Gasteiger partial charge >= 0.3 is 0 Å². The largest absolute Gasteiger partial charge is 0.394 e. The Morgan fingerprint density at radius 3 is 2.81 bits per heavy atom. The van der Waals surface area contributed by atoms with Gasteiger partial charge in [-0.15, -0.1) is 5.10 Å². The highest BCUT2D eigenvalue weighted by Crippen LogP contribution is 2.26. The molecule has 0 aliphatic rings. The summed E-state index contributed by atoms with van der Waals surface area (Å²) in [6.07, 6.45) is 1.72. The van der Waals surface area contributed by atoms with Gasteiger partial charge in [0, 0.05) is 17.3 Å². The number of nitro benzene ring substituents is 1. The second kappa shape index (κ2) is 6.31. The Labute approximate surface area is 121 Å². The molecular weight excluding hydrogens is 274 g/mol. The zero-order valence-corrected chi connectivity index (χ0v) is 11.9. The fourth-order valence-electron chi connectivity index (χ4n) is 2.05. The molecule has 1 aromatic heterocycles. The van der Waals surface area contributed by atoms with Crippen molar-refractivity contribution in [2.24, 2.45) is 0 Å². The Kier molecular flexibility index (Phi) is 4.49. The summed E-state index contributed by atoms with van der Waals surface area (Å²) in [5, 5.41) is 30.7. The number of rotatable bonds is 6. The molecule has 0 saturated carbocycles. The van der Waals surface area contributed by atoms with E-state index in [0.29, 0.717) is 30.0 Å². The molecule has 0 bridgehead atoms. The van der Waals surface area contributed by atoms with Crippen LogP contribution in [0.4, 0.5) is 11.4 Å². The number of hydrogen-bond acceptors (Lipinski definition) is 6. The number of nitro groups is 1. The van der Waals surface area contributed by atoms with Crippen LogP contribution in [0.5, 0.6) is 0 Å². The minimum Gasteiger partial charge on any atom is -0.394 e. The van der Waals surface area contributed by atoms with Crippen molar-refractivity contribution in [2.45, 2.75) is 26.9 Å². The summed E-state index contributed by atoms with van der Waals surface area (Å²) >= 11 is 0. The molecule has 0 spiro atoms. The second-order valence-electron chi connectivity index (χ2n) is 4.76. The maximum absolute atomic E-state index is 11.0.